The maximum atomic E-state index is 11.2. The summed E-state index contributed by atoms with van der Waals surface area (Å²) in [7, 11) is 0. The summed E-state index contributed by atoms with van der Waals surface area (Å²) in [6, 6.07) is 0. The fourth-order valence-electron chi connectivity index (χ4n) is 0.164. The van der Waals surface area contributed by atoms with Crippen LogP contribution in [0.25, 0.3) is 0 Å². The summed E-state index contributed by atoms with van der Waals surface area (Å²) in [5, 5.41) is -1.07. The maximum absolute atomic E-state index is 11.2. The number of rotatable bonds is 0. The molecule has 0 spiro atoms. The molecule has 0 aromatic rings. The molecule has 8 heavy (non-hydrogen) atoms. The van der Waals surface area contributed by atoms with Gasteiger partial charge >= 0.3 is 6.18 Å². The lowest BCUT2D eigenvalue weighted by Crippen LogP contribution is -2.06. The van der Waals surface area contributed by atoms with Crippen LogP contribution in [0.5, 0.6) is 0 Å². The normalized spacial score (nSPS) is 14.4. The zero-order valence-electron chi connectivity index (χ0n) is 4.09. The molecule has 0 heterocycles. The van der Waals surface area contributed by atoms with Gasteiger partial charge in [0, 0.05) is 0 Å². The van der Waals surface area contributed by atoms with Crippen molar-refractivity contribution in [1.29, 1.82) is 0 Å². The van der Waals surface area contributed by atoms with E-state index in [1.807, 2.05) is 0 Å². The van der Waals surface area contributed by atoms with Gasteiger partial charge in [0.1, 0.15) is 5.03 Å². The Hall–Kier alpha value is -0.180. The van der Waals surface area contributed by atoms with Crippen molar-refractivity contribution in [2.75, 3.05) is 0 Å². The van der Waals surface area contributed by atoms with Gasteiger partial charge in [0.25, 0.3) is 0 Å². The van der Waals surface area contributed by atoms with Crippen LogP contribution >= 0.6 is 11.6 Å². The number of hydrogen-bond donors (Lipinski definition) is 0. The van der Waals surface area contributed by atoms with Crippen molar-refractivity contribution >= 4 is 11.6 Å². The summed E-state index contributed by atoms with van der Waals surface area (Å²) in [6.45, 7) is 1.23. The summed E-state index contributed by atoms with van der Waals surface area (Å²) < 4.78 is 33.7. The van der Waals surface area contributed by atoms with E-state index in [2.05, 4.69) is 11.6 Å². The van der Waals surface area contributed by atoms with Crippen LogP contribution in [-0.2, 0) is 0 Å². The molecule has 0 aromatic carbocycles. The topological polar surface area (TPSA) is 0 Å². The van der Waals surface area contributed by atoms with E-state index < -0.39 is 11.2 Å². The molecule has 0 atom stereocenters. The smallest absolute Gasteiger partial charge is 0.165 e. The molecule has 0 aromatic heterocycles. The van der Waals surface area contributed by atoms with E-state index in [-0.39, 0.29) is 0 Å². The highest BCUT2D eigenvalue weighted by atomic mass is 35.5. The number of hydrogen-bond acceptors (Lipinski definition) is 0. The molecule has 48 valence electrons. The first-order valence-corrected chi connectivity index (χ1v) is 2.25. The lowest BCUT2D eigenvalue weighted by molar-refractivity contribution is -0.0846. The van der Waals surface area contributed by atoms with Gasteiger partial charge in [0.15, 0.2) is 0 Å². The Morgan fingerprint density at radius 2 is 1.88 bits per heavy atom. The van der Waals surface area contributed by atoms with E-state index >= 15 is 0 Å². The molecule has 0 aliphatic rings. The molecule has 0 amide bonds. The highest BCUT2D eigenvalue weighted by Gasteiger charge is 2.31. The molecule has 4 heteroatoms. The molecule has 0 rings (SSSR count). The molecule has 0 radical (unpaired) electrons. The van der Waals surface area contributed by atoms with Crippen molar-refractivity contribution in [3.05, 3.63) is 11.1 Å². The molecule has 0 bridgehead atoms. The second-order valence-corrected chi connectivity index (χ2v) is 1.54. The lowest BCUT2D eigenvalue weighted by atomic mass is 10.5. The van der Waals surface area contributed by atoms with Gasteiger partial charge in [-0.1, -0.05) is 17.7 Å². The van der Waals surface area contributed by atoms with Crippen molar-refractivity contribution in [3.63, 3.8) is 0 Å². The molecular weight excluding hydrogens is 140 g/mol. The Morgan fingerprint density at radius 3 is 1.88 bits per heavy atom. The van der Waals surface area contributed by atoms with Crippen LogP contribution < -0.4 is 0 Å². The first kappa shape index (κ1) is 7.82. The van der Waals surface area contributed by atoms with E-state index in [0.29, 0.717) is 0 Å². The Morgan fingerprint density at radius 1 is 1.50 bits per heavy atom. The predicted octanol–water partition coefficient (Wildman–Crippen LogP) is 2.69. The van der Waals surface area contributed by atoms with Gasteiger partial charge in [-0.05, 0) is 6.92 Å². The van der Waals surface area contributed by atoms with Crippen molar-refractivity contribution in [3.8, 4) is 0 Å². The fraction of sp³-hybridized carbons (Fsp3) is 0.500. The van der Waals surface area contributed by atoms with Crippen LogP contribution in [0.1, 0.15) is 6.92 Å². The van der Waals surface area contributed by atoms with Crippen molar-refractivity contribution in [2.24, 2.45) is 0 Å². The molecule has 0 saturated heterocycles. The zero-order valence-corrected chi connectivity index (χ0v) is 4.85. The average molecular weight is 145 g/mol. The third-order valence-corrected chi connectivity index (χ3v) is 0.957. The second kappa shape index (κ2) is 2.40. The fourth-order valence-corrected chi connectivity index (χ4v) is 0.164. The minimum absolute atomic E-state index is 0.807. The molecule has 0 nitrogen and oxygen atoms in total. The van der Waals surface area contributed by atoms with Gasteiger partial charge in [0.05, 0.1) is 0 Å². The SMILES string of the molecule is C/C=C(/Cl)C(F)(F)F. The molecule has 0 aliphatic carbocycles. The first-order chi connectivity index (χ1) is 3.48. The van der Waals surface area contributed by atoms with Crippen molar-refractivity contribution in [2.45, 2.75) is 13.1 Å². The van der Waals surface area contributed by atoms with Gasteiger partial charge in [-0.15, -0.1) is 0 Å². The van der Waals surface area contributed by atoms with Gasteiger partial charge in [-0.3, -0.25) is 0 Å². The second-order valence-electron chi connectivity index (χ2n) is 1.13. The Balaban J connectivity index is 4.03. The summed E-state index contributed by atoms with van der Waals surface area (Å²) in [4.78, 5) is 0. The molecule has 0 fully saturated rings. The Labute approximate surface area is 49.9 Å². The standard InChI is InChI=1S/C4H4ClF3/c1-2-3(5)4(6,7)8/h2H,1H3/b3-2+. The highest BCUT2D eigenvalue weighted by Crippen LogP contribution is 2.27. The van der Waals surface area contributed by atoms with E-state index in [0.717, 1.165) is 6.08 Å². The van der Waals surface area contributed by atoms with Gasteiger partial charge < -0.3 is 0 Å². The molecule has 0 saturated carbocycles. The number of halogens is 4. The molecule has 0 unspecified atom stereocenters. The monoisotopic (exact) mass is 144 g/mol. The predicted molar refractivity (Wildman–Crippen MR) is 25.7 cm³/mol. The summed E-state index contributed by atoms with van der Waals surface area (Å²) in [5.41, 5.74) is 0. The molecule has 0 N–H and O–H groups in total. The minimum atomic E-state index is -4.36. The van der Waals surface area contributed by atoms with Gasteiger partial charge in [0.2, 0.25) is 0 Å². The average Bonchev–Trinajstić information content (AvgIpc) is 1.62. The van der Waals surface area contributed by atoms with Crippen LogP contribution in [0.4, 0.5) is 13.2 Å². The minimum Gasteiger partial charge on any atom is -0.165 e. The lowest BCUT2D eigenvalue weighted by Gasteiger charge is -2.00. The van der Waals surface area contributed by atoms with Crippen molar-refractivity contribution < 1.29 is 13.2 Å². The van der Waals surface area contributed by atoms with Crippen LogP contribution in [0.3, 0.4) is 0 Å². The number of alkyl halides is 3. The maximum Gasteiger partial charge on any atom is 0.426 e. The third-order valence-electron chi connectivity index (χ3n) is 0.524. The van der Waals surface area contributed by atoms with E-state index in [1.165, 1.54) is 6.92 Å². The highest BCUT2D eigenvalue weighted by molar-refractivity contribution is 6.30. The summed E-state index contributed by atoms with van der Waals surface area (Å²) >= 11 is 4.68. The first-order valence-electron chi connectivity index (χ1n) is 1.87. The van der Waals surface area contributed by atoms with Crippen LogP contribution in [0.2, 0.25) is 0 Å². The zero-order chi connectivity index (χ0) is 6.78. The van der Waals surface area contributed by atoms with Crippen LogP contribution in [0.15, 0.2) is 11.1 Å². The van der Waals surface area contributed by atoms with Crippen LogP contribution in [0, 0.1) is 0 Å². The van der Waals surface area contributed by atoms with E-state index in [1.54, 1.807) is 0 Å². The third kappa shape index (κ3) is 2.21. The number of allylic oxidation sites excluding steroid dienone is 2. The quantitative estimate of drug-likeness (QED) is 0.490. The molecule has 0 aliphatic heterocycles. The Bertz CT molecular complexity index is 102. The van der Waals surface area contributed by atoms with E-state index in [9.17, 15) is 13.2 Å². The van der Waals surface area contributed by atoms with Crippen LogP contribution in [-0.4, -0.2) is 6.18 Å². The molecular formula is C4H4ClF3. The van der Waals surface area contributed by atoms with Gasteiger partial charge in [-0.25, -0.2) is 0 Å². The summed E-state index contributed by atoms with van der Waals surface area (Å²) in [6.07, 6.45) is -3.56. The summed E-state index contributed by atoms with van der Waals surface area (Å²) in [5.74, 6) is 0. The van der Waals surface area contributed by atoms with Gasteiger partial charge in [-0.2, -0.15) is 13.2 Å². The largest absolute Gasteiger partial charge is 0.426 e. The Kier molecular flexibility index (Phi) is 2.34. The van der Waals surface area contributed by atoms with E-state index in [4.69, 9.17) is 0 Å². The van der Waals surface area contributed by atoms with Crippen molar-refractivity contribution in [1.82, 2.24) is 0 Å².